The van der Waals surface area contributed by atoms with Crippen molar-refractivity contribution in [2.45, 2.75) is 25.3 Å². The van der Waals surface area contributed by atoms with Gasteiger partial charge in [0.05, 0.1) is 6.42 Å². The number of likely N-dealkylation sites (N-methyl/N-ethyl adjacent to an activating group) is 1. The number of nitrogens with one attached hydrogen (secondary N) is 1. The molecule has 1 aliphatic heterocycles. The number of likely N-dealkylation sites (tertiary alicyclic amines) is 1. The molecule has 1 saturated heterocycles. The number of amides is 1. The summed E-state index contributed by atoms with van der Waals surface area (Å²) in [6.45, 7) is 1.62. The Labute approximate surface area is 130 Å². The molecule has 0 radical (unpaired) electrons. The summed E-state index contributed by atoms with van der Waals surface area (Å²) in [6.07, 6.45) is 2.50. The number of rotatable bonds is 3. The number of halogens is 1. The highest BCUT2D eigenvalue weighted by Gasteiger charge is 2.23. The van der Waals surface area contributed by atoms with Crippen molar-refractivity contribution in [3.8, 4) is 0 Å². The number of hydrogen-bond acceptors (Lipinski definition) is 4. The van der Waals surface area contributed by atoms with E-state index in [0.29, 0.717) is 12.5 Å². The van der Waals surface area contributed by atoms with Crippen molar-refractivity contribution >= 4 is 29.3 Å². The predicted molar refractivity (Wildman–Crippen MR) is 83.6 cm³/mol. The van der Waals surface area contributed by atoms with Crippen LogP contribution in [0.15, 0.2) is 28.8 Å². The van der Waals surface area contributed by atoms with Gasteiger partial charge in [-0.05, 0) is 32.0 Å². The van der Waals surface area contributed by atoms with E-state index in [4.69, 9.17) is 4.52 Å². The largest absolute Gasteiger partial charge is 0.356 e. The second-order valence-electron chi connectivity index (χ2n) is 5.27. The maximum atomic E-state index is 12.4. The van der Waals surface area contributed by atoms with Gasteiger partial charge in [-0.2, -0.15) is 0 Å². The predicted octanol–water partition coefficient (Wildman–Crippen LogP) is 2.00. The zero-order chi connectivity index (χ0) is 13.9. The minimum absolute atomic E-state index is 0. The molecule has 21 heavy (non-hydrogen) atoms. The number of fused-ring (bicyclic) bond motifs is 1. The summed E-state index contributed by atoms with van der Waals surface area (Å²) in [7, 11) is 1.95. The van der Waals surface area contributed by atoms with Gasteiger partial charge in [-0.15, -0.1) is 12.4 Å². The van der Waals surface area contributed by atoms with Crippen molar-refractivity contribution in [3.05, 3.63) is 30.0 Å². The summed E-state index contributed by atoms with van der Waals surface area (Å²) < 4.78 is 5.25. The minimum atomic E-state index is 0. The molecule has 2 heterocycles. The lowest BCUT2D eigenvalue weighted by molar-refractivity contribution is -0.131. The smallest absolute Gasteiger partial charge is 0.228 e. The van der Waals surface area contributed by atoms with E-state index in [1.54, 1.807) is 0 Å². The number of para-hydroxylation sites is 1. The Bertz CT molecular complexity index is 614. The van der Waals surface area contributed by atoms with Crippen LogP contribution in [0.2, 0.25) is 0 Å². The van der Waals surface area contributed by atoms with Crippen LogP contribution in [0.3, 0.4) is 0 Å². The molecule has 0 aliphatic carbocycles. The number of hydrogen-bond donors (Lipinski definition) is 1. The van der Waals surface area contributed by atoms with Crippen LogP contribution in [-0.2, 0) is 11.2 Å². The Hall–Kier alpha value is -1.59. The van der Waals surface area contributed by atoms with E-state index in [9.17, 15) is 4.79 Å². The molecule has 1 aliphatic rings. The number of carbonyl (C=O) groups is 1. The molecular formula is C15H20ClN3O2. The summed E-state index contributed by atoms with van der Waals surface area (Å²) in [5.41, 5.74) is 1.47. The summed E-state index contributed by atoms with van der Waals surface area (Å²) in [6, 6.07) is 8.06. The first-order valence-corrected chi connectivity index (χ1v) is 7.06. The van der Waals surface area contributed by atoms with Crippen molar-refractivity contribution in [1.82, 2.24) is 15.4 Å². The highest BCUT2D eigenvalue weighted by atomic mass is 35.5. The van der Waals surface area contributed by atoms with Gasteiger partial charge < -0.3 is 14.7 Å². The molecular weight excluding hydrogens is 290 g/mol. The molecule has 0 saturated carbocycles. The fraction of sp³-hybridized carbons (Fsp3) is 0.467. The third kappa shape index (κ3) is 3.36. The van der Waals surface area contributed by atoms with Crippen molar-refractivity contribution < 1.29 is 9.32 Å². The monoisotopic (exact) mass is 309 g/mol. The molecule has 1 unspecified atom stereocenters. The maximum absolute atomic E-state index is 12.4. The Balaban J connectivity index is 0.00000161. The summed E-state index contributed by atoms with van der Waals surface area (Å²) >= 11 is 0. The molecule has 1 atom stereocenters. The van der Waals surface area contributed by atoms with Crippen LogP contribution in [0, 0.1) is 0 Å². The van der Waals surface area contributed by atoms with Crippen LogP contribution >= 0.6 is 12.4 Å². The Kier molecular flexibility index (Phi) is 5.20. The van der Waals surface area contributed by atoms with Crippen LogP contribution in [0.4, 0.5) is 0 Å². The first-order chi connectivity index (χ1) is 9.78. The van der Waals surface area contributed by atoms with E-state index in [0.717, 1.165) is 42.6 Å². The van der Waals surface area contributed by atoms with E-state index in [-0.39, 0.29) is 18.3 Å². The molecule has 3 rings (SSSR count). The minimum Gasteiger partial charge on any atom is -0.356 e. The zero-order valence-corrected chi connectivity index (χ0v) is 12.9. The zero-order valence-electron chi connectivity index (χ0n) is 12.0. The molecule has 1 fully saturated rings. The molecule has 1 aromatic heterocycles. The lowest BCUT2D eigenvalue weighted by Gasteiger charge is -2.32. The highest BCUT2D eigenvalue weighted by Crippen LogP contribution is 2.19. The number of aromatic nitrogens is 1. The number of piperidine rings is 1. The molecule has 1 N–H and O–H groups in total. The van der Waals surface area contributed by atoms with Crippen molar-refractivity contribution in [1.29, 1.82) is 0 Å². The lowest BCUT2D eigenvalue weighted by atomic mass is 10.0. The fourth-order valence-corrected chi connectivity index (χ4v) is 2.76. The van der Waals surface area contributed by atoms with E-state index in [2.05, 4.69) is 10.5 Å². The van der Waals surface area contributed by atoms with Crippen LogP contribution in [0.25, 0.3) is 11.0 Å². The van der Waals surface area contributed by atoms with Gasteiger partial charge in [0.2, 0.25) is 5.91 Å². The van der Waals surface area contributed by atoms with Gasteiger partial charge in [0, 0.05) is 24.5 Å². The Morgan fingerprint density at radius 2 is 2.29 bits per heavy atom. The van der Waals surface area contributed by atoms with Gasteiger partial charge in [0.1, 0.15) is 5.69 Å². The first kappa shape index (κ1) is 15.8. The van der Waals surface area contributed by atoms with Crippen molar-refractivity contribution in [2.75, 3.05) is 20.1 Å². The Morgan fingerprint density at radius 3 is 3.10 bits per heavy atom. The van der Waals surface area contributed by atoms with Gasteiger partial charge in [-0.1, -0.05) is 17.3 Å². The van der Waals surface area contributed by atoms with E-state index in [1.165, 1.54) is 0 Å². The summed E-state index contributed by atoms with van der Waals surface area (Å²) in [4.78, 5) is 14.3. The third-order valence-corrected chi connectivity index (χ3v) is 3.95. The number of carbonyl (C=O) groups excluding carboxylic acids is 1. The molecule has 0 bridgehead atoms. The van der Waals surface area contributed by atoms with Gasteiger partial charge in [0.15, 0.2) is 5.58 Å². The lowest BCUT2D eigenvalue weighted by Crippen LogP contribution is -2.47. The fourth-order valence-electron chi connectivity index (χ4n) is 2.76. The van der Waals surface area contributed by atoms with Gasteiger partial charge in [-0.25, -0.2) is 0 Å². The summed E-state index contributed by atoms with van der Waals surface area (Å²) in [5.74, 6) is 0.129. The number of benzene rings is 1. The second-order valence-corrected chi connectivity index (χ2v) is 5.27. The van der Waals surface area contributed by atoms with E-state index >= 15 is 0 Å². The SMILES string of the molecule is CNC1CCCN(C(=O)Cc2noc3ccccc23)C1.Cl. The van der Waals surface area contributed by atoms with Gasteiger partial charge in [0.25, 0.3) is 0 Å². The van der Waals surface area contributed by atoms with Crippen LogP contribution in [0.5, 0.6) is 0 Å². The quantitative estimate of drug-likeness (QED) is 0.942. The summed E-state index contributed by atoms with van der Waals surface area (Å²) in [5, 5.41) is 8.21. The van der Waals surface area contributed by atoms with E-state index in [1.807, 2.05) is 36.2 Å². The molecule has 1 amide bonds. The molecule has 5 nitrogen and oxygen atoms in total. The molecule has 2 aromatic rings. The average Bonchev–Trinajstić information content (AvgIpc) is 2.90. The van der Waals surface area contributed by atoms with Gasteiger partial charge in [-0.3, -0.25) is 4.79 Å². The third-order valence-electron chi connectivity index (χ3n) is 3.95. The molecule has 1 aromatic carbocycles. The van der Waals surface area contributed by atoms with Crippen LogP contribution < -0.4 is 5.32 Å². The van der Waals surface area contributed by atoms with E-state index < -0.39 is 0 Å². The Morgan fingerprint density at radius 1 is 1.48 bits per heavy atom. The first-order valence-electron chi connectivity index (χ1n) is 7.06. The topological polar surface area (TPSA) is 58.4 Å². The average molecular weight is 310 g/mol. The van der Waals surface area contributed by atoms with Gasteiger partial charge >= 0.3 is 0 Å². The van der Waals surface area contributed by atoms with Crippen LogP contribution in [0.1, 0.15) is 18.5 Å². The highest BCUT2D eigenvalue weighted by molar-refractivity contribution is 5.86. The normalized spacial score (nSPS) is 18.5. The standard InChI is InChI=1S/C15H19N3O2.ClH/c1-16-11-5-4-8-18(10-11)15(19)9-13-12-6-2-3-7-14(12)20-17-13;/h2-3,6-7,11,16H,4-5,8-10H2,1H3;1H. The molecule has 0 spiro atoms. The maximum Gasteiger partial charge on any atom is 0.228 e. The molecule has 114 valence electrons. The van der Waals surface area contributed by atoms with Crippen molar-refractivity contribution in [2.24, 2.45) is 0 Å². The number of nitrogens with zero attached hydrogens (tertiary/aromatic N) is 2. The molecule has 6 heteroatoms. The van der Waals surface area contributed by atoms with Crippen molar-refractivity contribution in [3.63, 3.8) is 0 Å². The second kappa shape index (κ2) is 6.91. The van der Waals surface area contributed by atoms with Crippen LogP contribution in [-0.4, -0.2) is 42.1 Å².